The second-order valence-corrected chi connectivity index (χ2v) is 7.17. The molecule has 4 rings (SSSR count). The number of carboxylic acids is 1. The van der Waals surface area contributed by atoms with Crippen molar-refractivity contribution >= 4 is 23.3 Å². The standard InChI is InChI=1S/C18H23N7O2/c1-11-16(19)25-18(14(9-21-25)13-8-20-23(2)10-13)22-17(11)24-5-3-12(4-6-24)7-15(26)27/h8-10,12H,3-7,19H2,1-2H3,(H,26,27). The van der Waals surface area contributed by atoms with Gasteiger partial charge < -0.3 is 15.7 Å². The molecule has 0 radical (unpaired) electrons. The molecule has 0 bridgehead atoms. The van der Waals surface area contributed by atoms with Crippen LogP contribution in [0.5, 0.6) is 0 Å². The van der Waals surface area contributed by atoms with Crippen molar-refractivity contribution in [1.82, 2.24) is 24.4 Å². The highest BCUT2D eigenvalue weighted by atomic mass is 16.4. The Balaban J connectivity index is 1.69. The van der Waals surface area contributed by atoms with Gasteiger partial charge in [0.1, 0.15) is 11.6 Å². The van der Waals surface area contributed by atoms with Gasteiger partial charge in [-0.1, -0.05) is 0 Å². The van der Waals surface area contributed by atoms with Gasteiger partial charge in [0, 0.05) is 49.4 Å². The minimum atomic E-state index is -0.728. The highest BCUT2D eigenvalue weighted by molar-refractivity contribution is 5.79. The molecule has 1 aliphatic rings. The van der Waals surface area contributed by atoms with Crippen LogP contribution in [-0.4, -0.2) is 48.5 Å². The number of piperidine rings is 1. The van der Waals surface area contributed by atoms with E-state index in [0.29, 0.717) is 11.5 Å². The number of hydrogen-bond acceptors (Lipinski definition) is 6. The SMILES string of the molecule is Cc1c(N2CCC(CC(=O)O)CC2)nc2c(-c3cnn(C)c3)cnn2c1N. The fourth-order valence-corrected chi connectivity index (χ4v) is 3.75. The molecule has 9 heteroatoms. The molecule has 0 saturated carbocycles. The Morgan fingerprint density at radius 2 is 2.04 bits per heavy atom. The van der Waals surface area contributed by atoms with Gasteiger partial charge in [0.15, 0.2) is 5.65 Å². The molecule has 0 aliphatic carbocycles. The Morgan fingerprint density at radius 3 is 2.67 bits per heavy atom. The van der Waals surface area contributed by atoms with Crippen molar-refractivity contribution in [3.63, 3.8) is 0 Å². The first-order valence-electron chi connectivity index (χ1n) is 9.03. The van der Waals surface area contributed by atoms with Crippen LogP contribution in [0.4, 0.5) is 11.6 Å². The topological polar surface area (TPSA) is 115 Å². The third kappa shape index (κ3) is 3.09. The van der Waals surface area contributed by atoms with E-state index in [0.717, 1.165) is 48.4 Å². The van der Waals surface area contributed by atoms with Crippen molar-refractivity contribution in [2.45, 2.75) is 26.2 Å². The number of aromatic nitrogens is 5. The van der Waals surface area contributed by atoms with E-state index in [4.69, 9.17) is 15.8 Å². The van der Waals surface area contributed by atoms with E-state index in [1.165, 1.54) is 0 Å². The largest absolute Gasteiger partial charge is 0.481 e. The van der Waals surface area contributed by atoms with Gasteiger partial charge in [0.25, 0.3) is 0 Å². The summed E-state index contributed by atoms with van der Waals surface area (Å²) in [5.74, 6) is 0.909. The number of anilines is 2. The molecule has 1 saturated heterocycles. The summed E-state index contributed by atoms with van der Waals surface area (Å²) in [5.41, 5.74) is 9.77. The average molecular weight is 369 g/mol. The summed E-state index contributed by atoms with van der Waals surface area (Å²) < 4.78 is 3.41. The monoisotopic (exact) mass is 369 g/mol. The van der Waals surface area contributed by atoms with E-state index in [2.05, 4.69) is 15.1 Å². The van der Waals surface area contributed by atoms with Gasteiger partial charge in [0.2, 0.25) is 0 Å². The van der Waals surface area contributed by atoms with Gasteiger partial charge >= 0.3 is 5.97 Å². The first kappa shape index (κ1) is 17.3. The summed E-state index contributed by atoms with van der Waals surface area (Å²) in [4.78, 5) is 18.0. The normalized spacial score (nSPS) is 15.6. The van der Waals surface area contributed by atoms with Crippen LogP contribution in [0.1, 0.15) is 24.8 Å². The number of fused-ring (bicyclic) bond motifs is 1. The zero-order chi connectivity index (χ0) is 19.1. The van der Waals surface area contributed by atoms with Crippen LogP contribution in [0.2, 0.25) is 0 Å². The molecule has 27 heavy (non-hydrogen) atoms. The lowest BCUT2D eigenvalue weighted by Crippen LogP contribution is -2.35. The molecule has 0 aromatic carbocycles. The number of nitrogens with zero attached hydrogens (tertiary/aromatic N) is 6. The molecule has 9 nitrogen and oxygen atoms in total. The van der Waals surface area contributed by atoms with E-state index in [9.17, 15) is 4.79 Å². The van der Waals surface area contributed by atoms with Gasteiger partial charge in [-0.05, 0) is 25.7 Å². The third-order valence-corrected chi connectivity index (χ3v) is 5.30. The van der Waals surface area contributed by atoms with Crippen molar-refractivity contribution in [1.29, 1.82) is 0 Å². The van der Waals surface area contributed by atoms with E-state index in [-0.39, 0.29) is 12.3 Å². The van der Waals surface area contributed by atoms with Crippen LogP contribution in [0.3, 0.4) is 0 Å². The number of aryl methyl sites for hydroxylation is 1. The second-order valence-electron chi connectivity index (χ2n) is 7.17. The van der Waals surface area contributed by atoms with Crippen LogP contribution in [0.15, 0.2) is 18.6 Å². The van der Waals surface area contributed by atoms with Crippen LogP contribution in [-0.2, 0) is 11.8 Å². The number of carbonyl (C=O) groups is 1. The summed E-state index contributed by atoms with van der Waals surface area (Å²) in [7, 11) is 1.87. The maximum Gasteiger partial charge on any atom is 0.303 e. The maximum atomic E-state index is 10.9. The number of carboxylic acid groups (broad SMARTS) is 1. The zero-order valence-electron chi connectivity index (χ0n) is 15.5. The Labute approximate surface area is 156 Å². The van der Waals surface area contributed by atoms with Crippen LogP contribution in [0.25, 0.3) is 16.8 Å². The molecule has 0 atom stereocenters. The smallest absolute Gasteiger partial charge is 0.303 e. The van der Waals surface area contributed by atoms with E-state index in [1.54, 1.807) is 21.6 Å². The van der Waals surface area contributed by atoms with Crippen molar-refractivity contribution in [3.05, 3.63) is 24.2 Å². The van der Waals surface area contributed by atoms with Crippen molar-refractivity contribution in [2.75, 3.05) is 23.7 Å². The second kappa shape index (κ2) is 6.57. The predicted octanol–water partition coefficient (Wildman–Crippen LogP) is 1.71. The summed E-state index contributed by atoms with van der Waals surface area (Å²) in [5, 5.41) is 17.6. The van der Waals surface area contributed by atoms with Crippen molar-refractivity contribution < 1.29 is 9.90 Å². The van der Waals surface area contributed by atoms with Crippen molar-refractivity contribution in [3.8, 4) is 11.1 Å². The Kier molecular flexibility index (Phi) is 4.21. The highest BCUT2D eigenvalue weighted by Crippen LogP contribution is 2.32. The number of nitrogens with two attached hydrogens (primary N) is 1. The van der Waals surface area contributed by atoms with Gasteiger partial charge in [-0.15, -0.1) is 0 Å². The van der Waals surface area contributed by atoms with Gasteiger partial charge in [-0.25, -0.2) is 4.98 Å². The lowest BCUT2D eigenvalue weighted by Gasteiger charge is -2.33. The molecule has 3 aromatic rings. The number of hydrogen-bond donors (Lipinski definition) is 2. The Morgan fingerprint density at radius 1 is 1.30 bits per heavy atom. The summed E-state index contributed by atoms with van der Waals surface area (Å²) in [6.07, 6.45) is 7.38. The fraction of sp³-hybridized carbons (Fsp3) is 0.444. The summed E-state index contributed by atoms with van der Waals surface area (Å²) in [6.45, 7) is 3.50. The minimum Gasteiger partial charge on any atom is -0.481 e. The third-order valence-electron chi connectivity index (χ3n) is 5.30. The van der Waals surface area contributed by atoms with Gasteiger partial charge in [-0.3, -0.25) is 9.48 Å². The van der Waals surface area contributed by atoms with Gasteiger partial charge in [0.05, 0.1) is 12.4 Å². The quantitative estimate of drug-likeness (QED) is 0.719. The maximum absolute atomic E-state index is 10.9. The molecule has 3 N–H and O–H groups in total. The first-order valence-corrected chi connectivity index (χ1v) is 9.03. The molecule has 4 heterocycles. The minimum absolute atomic E-state index is 0.223. The number of aliphatic carboxylic acids is 1. The Hall–Kier alpha value is -3.10. The average Bonchev–Trinajstić information content (AvgIpc) is 3.24. The van der Waals surface area contributed by atoms with E-state index < -0.39 is 5.97 Å². The molecule has 1 aliphatic heterocycles. The first-order chi connectivity index (χ1) is 12.9. The molecule has 3 aromatic heterocycles. The number of nitrogen functional groups attached to an aromatic ring is 1. The van der Waals surface area contributed by atoms with E-state index in [1.807, 2.05) is 20.2 Å². The number of rotatable bonds is 4. The summed E-state index contributed by atoms with van der Waals surface area (Å²) >= 11 is 0. The molecule has 0 unspecified atom stereocenters. The molecular formula is C18H23N7O2. The van der Waals surface area contributed by atoms with Gasteiger partial charge in [-0.2, -0.15) is 14.7 Å². The van der Waals surface area contributed by atoms with Crippen LogP contribution >= 0.6 is 0 Å². The zero-order valence-corrected chi connectivity index (χ0v) is 15.5. The lowest BCUT2D eigenvalue weighted by molar-refractivity contribution is -0.138. The van der Waals surface area contributed by atoms with Crippen molar-refractivity contribution in [2.24, 2.45) is 13.0 Å². The highest BCUT2D eigenvalue weighted by Gasteiger charge is 2.25. The molecule has 1 fully saturated rings. The van der Waals surface area contributed by atoms with E-state index >= 15 is 0 Å². The predicted molar refractivity (Wildman–Crippen MR) is 102 cm³/mol. The molecule has 142 valence electrons. The lowest BCUT2D eigenvalue weighted by atomic mass is 9.93. The van der Waals surface area contributed by atoms with Crippen LogP contribution < -0.4 is 10.6 Å². The molecule has 0 spiro atoms. The fourth-order valence-electron chi connectivity index (χ4n) is 3.75. The summed E-state index contributed by atoms with van der Waals surface area (Å²) in [6, 6.07) is 0. The molecular weight excluding hydrogens is 346 g/mol. The van der Waals surface area contributed by atoms with Crippen LogP contribution in [0, 0.1) is 12.8 Å². The molecule has 0 amide bonds. The Bertz CT molecular complexity index is 999.